The van der Waals surface area contributed by atoms with E-state index in [-0.39, 0.29) is 5.91 Å². The number of rotatable bonds is 9. The van der Waals surface area contributed by atoms with Gasteiger partial charge in [0.15, 0.2) is 5.82 Å². The monoisotopic (exact) mass is 451 g/mol. The molecule has 0 spiro atoms. The summed E-state index contributed by atoms with van der Waals surface area (Å²) in [7, 11) is 0. The molecule has 8 heteroatoms. The summed E-state index contributed by atoms with van der Waals surface area (Å²) in [5.74, 6) is 1.80. The van der Waals surface area contributed by atoms with E-state index in [1.54, 1.807) is 11.3 Å². The number of fused-ring (bicyclic) bond motifs is 1. The van der Waals surface area contributed by atoms with Crippen LogP contribution in [-0.2, 0) is 9.53 Å². The minimum atomic E-state index is 0.0979. The Kier molecular flexibility index (Phi) is 6.61. The number of hydrogen-bond donors (Lipinski definition) is 1. The van der Waals surface area contributed by atoms with E-state index in [0.717, 1.165) is 73.1 Å². The van der Waals surface area contributed by atoms with Crippen molar-refractivity contribution in [1.29, 1.82) is 0 Å². The van der Waals surface area contributed by atoms with E-state index in [9.17, 15) is 4.79 Å². The van der Waals surface area contributed by atoms with Crippen LogP contribution in [0, 0.1) is 0 Å². The molecule has 5 rings (SSSR count). The molecule has 168 valence electrons. The Morgan fingerprint density at radius 2 is 2.00 bits per heavy atom. The van der Waals surface area contributed by atoms with Gasteiger partial charge in [-0.3, -0.25) is 9.69 Å². The maximum atomic E-state index is 12.6. The first-order chi connectivity index (χ1) is 15.8. The van der Waals surface area contributed by atoms with Gasteiger partial charge in [-0.1, -0.05) is 18.2 Å². The fraction of sp³-hybridized carbons (Fsp3) is 0.458. The minimum Gasteiger partial charge on any atom is -0.379 e. The maximum absolute atomic E-state index is 12.6. The fourth-order valence-electron chi connectivity index (χ4n) is 4.13. The van der Waals surface area contributed by atoms with Gasteiger partial charge in [-0.2, -0.15) is 0 Å². The number of anilines is 1. The first-order valence-corrected chi connectivity index (χ1v) is 12.3. The zero-order chi connectivity index (χ0) is 21.8. The second-order valence-corrected chi connectivity index (χ2v) is 9.29. The van der Waals surface area contributed by atoms with Gasteiger partial charge in [-0.15, -0.1) is 11.3 Å². The molecule has 32 heavy (non-hydrogen) atoms. The van der Waals surface area contributed by atoms with Crippen molar-refractivity contribution in [2.45, 2.75) is 25.3 Å². The van der Waals surface area contributed by atoms with Crippen molar-refractivity contribution in [3.63, 3.8) is 0 Å². The van der Waals surface area contributed by atoms with Gasteiger partial charge in [-0.25, -0.2) is 9.97 Å². The minimum absolute atomic E-state index is 0.0979. The highest BCUT2D eigenvalue weighted by Crippen LogP contribution is 2.36. The highest BCUT2D eigenvalue weighted by atomic mass is 32.1. The zero-order valence-corrected chi connectivity index (χ0v) is 19.0. The molecule has 1 amide bonds. The third-order valence-corrected chi connectivity index (χ3v) is 6.88. The number of morpholine rings is 1. The molecule has 0 bridgehead atoms. The molecule has 7 nitrogen and oxygen atoms in total. The summed E-state index contributed by atoms with van der Waals surface area (Å²) < 4.78 is 5.38. The number of nitrogens with zero attached hydrogens (tertiary/aromatic N) is 4. The SMILES string of the molecule is O=C(CCN(c1nc(-c2cccs2)nc2ccccc12)C1CC1)NCCN1CCOCC1. The van der Waals surface area contributed by atoms with Crippen LogP contribution in [0.25, 0.3) is 21.6 Å². The second kappa shape index (κ2) is 9.94. The molecule has 1 saturated heterocycles. The van der Waals surface area contributed by atoms with Crippen molar-refractivity contribution in [2.24, 2.45) is 0 Å². The van der Waals surface area contributed by atoms with Crippen molar-refractivity contribution < 1.29 is 9.53 Å². The number of para-hydroxylation sites is 1. The van der Waals surface area contributed by atoms with Gasteiger partial charge in [0.1, 0.15) is 5.82 Å². The van der Waals surface area contributed by atoms with E-state index in [1.807, 2.05) is 29.6 Å². The van der Waals surface area contributed by atoms with Gasteiger partial charge in [0.05, 0.1) is 23.6 Å². The Hall–Kier alpha value is -2.55. The van der Waals surface area contributed by atoms with Crippen LogP contribution >= 0.6 is 11.3 Å². The van der Waals surface area contributed by atoms with Crippen LogP contribution < -0.4 is 10.2 Å². The van der Waals surface area contributed by atoms with Gasteiger partial charge in [0.2, 0.25) is 5.91 Å². The molecule has 1 N–H and O–H groups in total. The van der Waals surface area contributed by atoms with Crippen LogP contribution in [0.2, 0.25) is 0 Å². The highest BCUT2D eigenvalue weighted by molar-refractivity contribution is 7.13. The van der Waals surface area contributed by atoms with E-state index in [0.29, 0.717) is 25.6 Å². The van der Waals surface area contributed by atoms with Crippen molar-refractivity contribution in [1.82, 2.24) is 20.2 Å². The molecule has 1 aromatic carbocycles. The zero-order valence-electron chi connectivity index (χ0n) is 18.2. The second-order valence-electron chi connectivity index (χ2n) is 8.34. The quantitative estimate of drug-likeness (QED) is 0.539. The van der Waals surface area contributed by atoms with E-state index < -0.39 is 0 Å². The van der Waals surface area contributed by atoms with E-state index in [4.69, 9.17) is 14.7 Å². The molecular formula is C24H29N5O2S. The average molecular weight is 452 g/mol. The number of thiophene rings is 1. The standard InChI is InChI=1S/C24H29N5O2S/c30-22(25-10-12-28-13-15-31-16-14-28)9-11-29(18-7-8-18)24-19-4-1-2-5-20(19)26-23(27-24)21-6-3-17-32-21/h1-6,17-18H,7-16H2,(H,25,30). The third-order valence-electron chi connectivity index (χ3n) is 6.02. The molecule has 1 aliphatic heterocycles. The van der Waals surface area contributed by atoms with Crippen LogP contribution in [0.3, 0.4) is 0 Å². The van der Waals surface area contributed by atoms with Crippen molar-refractivity contribution in [3.8, 4) is 10.7 Å². The van der Waals surface area contributed by atoms with Gasteiger partial charge < -0.3 is 15.0 Å². The van der Waals surface area contributed by atoms with Gasteiger partial charge in [0, 0.05) is 50.6 Å². The number of benzene rings is 1. The Labute approximate surface area is 192 Å². The van der Waals surface area contributed by atoms with Gasteiger partial charge >= 0.3 is 0 Å². The van der Waals surface area contributed by atoms with Crippen LogP contribution in [0.15, 0.2) is 41.8 Å². The molecule has 0 atom stereocenters. The molecule has 2 aliphatic rings. The first kappa shape index (κ1) is 21.3. The van der Waals surface area contributed by atoms with E-state index in [1.165, 1.54) is 0 Å². The number of amides is 1. The topological polar surface area (TPSA) is 70.6 Å². The number of aromatic nitrogens is 2. The summed E-state index contributed by atoms with van der Waals surface area (Å²) in [4.78, 5) is 28.1. The van der Waals surface area contributed by atoms with E-state index in [2.05, 4.69) is 27.2 Å². The van der Waals surface area contributed by atoms with Gasteiger partial charge in [-0.05, 0) is 36.4 Å². The van der Waals surface area contributed by atoms with Crippen molar-refractivity contribution in [3.05, 3.63) is 41.8 Å². The summed E-state index contributed by atoms with van der Waals surface area (Å²) in [6.45, 7) is 5.68. The number of carbonyl (C=O) groups is 1. The summed E-state index contributed by atoms with van der Waals surface area (Å²) in [6.07, 6.45) is 2.75. The summed E-state index contributed by atoms with van der Waals surface area (Å²) in [6, 6.07) is 12.7. The summed E-state index contributed by atoms with van der Waals surface area (Å²) in [5, 5.41) is 6.19. The molecule has 3 aromatic rings. The Morgan fingerprint density at radius 3 is 2.78 bits per heavy atom. The molecular weight excluding hydrogens is 422 g/mol. The Bertz CT molecular complexity index is 1050. The Morgan fingerprint density at radius 1 is 1.16 bits per heavy atom. The van der Waals surface area contributed by atoms with Crippen LogP contribution in [-0.4, -0.2) is 72.8 Å². The van der Waals surface area contributed by atoms with Crippen molar-refractivity contribution in [2.75, 3.05) is 50.8 Å². The molecule has 1 saturated carbocycles. The number of ether oxygens (including phenoxy) is 1. The molecule has 2 aromatic heterocycles. The highest BCUT2D eigenvalue weighted by Gasteiger charge is 2.31. The van der Waals surface area contributed by atoms with E-state index >= 15 is 0 Å². The normalized spacial score (nSPS) is 16.9. The molecule has 0 radical (unpaired) electrons. The fourth-order valence-corrected chi connectivity index (χ4v) is 4.79. The number of nitrogens with one attached hydrogen (secondary N) is 1. The first-order valence-electron chi connectivity index (χ1n) is 11.4. The molecule has 0 unspecified atom stereocenters. The summed E-state index contributed by atoms with van der Waals surface area (Å²) >= 11 is 1.65. The number of carbonyl (C=O) groups excluding carboxylic acids is 1. The number of hydrogen-bond acceptors (Lipinski definition) is 7. The largest absolute Gasteiger partial charge is 0.379 e. The summed E-state index contributed by atoms with van der Waals surface area (Å²) in [5.41, 5.74) is 0.946. The Balaban J connectivity index is 1.28. The van der Waals surface area contributed by atoms with Crippen LogP contribution in [0.5, 0.6) is 0 Å². The van der Waals surface area contributed by atoms with Crippen LogP contribution in [0.1, 0.15) is 19.3 Å². The van der Waals surface area contributed by atoms with Crippen molar-refractivity contribution >= 4 is 34.0 Å². The third kappa shape index (κ3) is 5.09. The molecule has 2 fully saturated rings. The lowest BCUT2D eigenvalue weighted by Gasteiger charge is -2.27. The lowest BCUT2D eigenvalue weighted by Crippen LogP contribution is -2.41. The predicted octanol–water partition coefficient (Wildman–Crippen LogP) is 3.17. The molecule has 3 heterocycles. The smallest absolute Gasteiger partial charge is 0.221 e. The lowest BCUT2D eigenvalue weighted by molar-refractivity contribution is -0.121. The maximum Gasteiger partial charge on any atom is 0.221 e. The van der Waals surface area contributed by atoms with Gasteiger partial charge in [0.25, 0.3) is 0 Å². The average Bonchev–Trinajstić information content (AvgIpc) is 3.51. The van der Waals surface area contributed by atoms with Crippen LogP contribution in [0.4, 0.5) is 5.82 Å². The predicted molar refractivity (Wildman–Crippen MR) is 128 cm³/mol. The molecule has 1 aliphatic carbocycles. The lowest BCUT2D eigenvalue weighted by atomic mass is 10.2.